The Hall–Kier alpha value is -1.81. The lowest BCUT2D eigenvalue weighted by Gasteiger charge is -2.03. The monoisotopic (exact) mass is 259 g/mol. The van der Waals surface area contributed by atoms with Gasteiger partial charge in [0.1, 0.15) is 5.69 Å². The summed E-state index contributed by atoms with van der Waals surface area (Å²) in [4.78, 5) is 15.5. The number of thioether (sulfide) groups is 1. The van der Waals surface area contributed by atoms with Gasteiger partial charge in [-0.15, -0.1) is 11.8 Å². The van der Waals surface area contributed by atoms with Crippen molar-refractivity contribution in [2.45, 2.75) is 17.6 Å². The van der Waals surface area contributed by atoms with Crippen molar-refractivity contribution in [2.24, 2.45) is 0 Å². The van der Waals surface area contributed by atoms with Crippen LogP contribution < -0.4 is 0 Å². The third-order valence-corrected chi connectivity index (χ3v) is 3.54. The highest BCUT2D eigenvalue weighted by atomic mass is 32.2. The second kappa shape index (κ2) is 5.69. The molecule has 1 heterocycles. The molecule has 18 heavy (non-hydrogen) atoms. The summed E-state index contributed by atoms with van der Waals surface area (Å²) in [5.74, 6) is -0.170. The van der Waals surface area contributed by atoms with Crippen molar-refractivity contribution >= 4 is 17.7 Å². The van der Waals surface area contributed by atoms with Crippen LogP contribution in [0.25, 0.3) is 0 Å². The Morgan fingerprint density at radius 3 is 2.67 bits per heavy atom. The van der Waals surface area contributed by atoms with E-state index in [1.807, 2.05) is 6.07 Å². The number of hydrogen-bond acceptors (Lipinski definition) is 3. The van der Waals surface area contributed by atoms with Gasteiger partial charge < -0.3 is 5.11 Å². The van der Waals surface area contributed by atoms with Crippen molar-refractivity contribution in [2.75, 3.05) is 0 Å². The van der Waals surface area contributed by atoms with Crippen molar-refractivity contribution in [3.63, 3.8) is 0 Å². The highest BCUT2D eigenvalue weighted by Gasteiger charge is 2.05. The summed E-state index contributed by atoms with van der Waals surface area (Å²) >= 11 is 1.61. The fraction of sp³-hybridized carbons (Fsp3) is 0.143. The zero-order valence-electron chi connectivity index (χ0n) is 9.96. The molecule has 0 bridgehead atoms. The number of pyridine rings is 1. The van der Waals surface area contributed by atoms with Crippen LogP contribution in [-0.4, -0.2) is 16.1 Å². The van der Waals surface area contributed by atoms with Crippen molar-refractivity contribution in [3.8, 4) is 0 Å². The van der Waals surface area contributed by atoms with E-state index in [9.17, 15) is 4.79 Å². The molecule has 0 aliphatic carbocycles. The molecule has 0 spiro atoms. The van der Waals surface area contributed by atoms with E-state index in [4.69, 9.17) is 5.11 Å². The average Bonchev–Trinajstić information content (AvgIpc) is 2.38. The minimum atomic E-state index is -0.993. The molecule has 0 aliphatic rings. The van der Waals surface area contributed by atoms with Crippen LogP contribution in [-0.2, 0) is 5.75 Å². The lowest BCUT2D eigenvalue weighted by molar-refractivity contribution is 0.0690. The van der Waals surface area contributed by atoms with Crippen molar-refractivity contribution < 1.29 is 9.90 Å². The number of aromatic nitrogens is 1. The van der Waals surface area contributed by atoms with Crippen molar-refractivity contribution in [1.82, 2.24) is 4.98 Å². The number of aromatic carboxylic acids is 1. The number of carboxylic acid groups (broad SMARTS) is 1. The van der Waals surface area contributed by atoms with Gasteiger partial charge in [0.15, 0.2) is 0 Å². The van der Waals surface area contributed by atoms with E-state index >= 15 is 0 Å². The molecule has 1 aromatic heterocycles. The normalized spacial score (nSPS) is 10.3. The summed E-state index contributed by atoms with van der Waals surface area (Å²) in [6.07, 6.45) is 1.53. The molecule has 0 saturated heterocycles. The second-order valence-corrected chi connectivity index (χ2v) is 5.00. The summed E-state index contributed by atoms with van der Waals surface area (Å²) in [6, 6.07) is 11.7. The molecular weight excluding hydrogens is 246 g/mol. The third-order valence-electron chi connectivity index (χ3n) is 2.48. The van der Waals surface area contributed by atoms with Crippen LogP contribution >= 0.6 is 11.8 Å². The smallest absolute Gasteiger partial charge is 0.354 e. The SMILES string of the molecule is Cc1ccc(CSc2ccnc(C(=O)O)c2)cc1. The van der Waals surface area contributed by atoms with Crippen LogP contribution in [0.2, 0.25) is 0 Å². The van der Waals surface area contributed by atoms with Crippen LogP contribution in [0.5, 0.6) is 0 Å². The van der Waals surface area contributed by atoms with Gasteiger partial charge in [-0.3, -0.25) is 0 Å². The van der Waals surface area contributed by atoms with Crippen LogP contribution in [0.3, 0.4) is 0 Å². The largest absolute Gasteiger partial charge is 0.477 e. The number of benzene rings is 1. The van der Waals surface area contributed by atoms with Gasteiger partial charge in [0, 0.05) is 16.8 Å². The molecule has 0 amide bonds. The summed E-state index contributed by atoms with van der Waals surface area (Å²) in [5.41, 5.74) is 2.55. The van der Waals surface area contributed by atoms with Gasteiger partial charge in [0.2, 0.25) is 0 Å². The minimum absolute atomic E-state index is 0.0870. The fourth-order valence-corrected chi connectivity index (χ4v) is 2.35. The van der Waals surface area contributed by atoms with Crippen molar-refractivity contribution in [3.05, 3.63) is 59.4 Å². The molecule has 0 unspecified atom stereocenters. The van der Waals surface area contributed by atoms with E-state index in [1.54, 1.807) is 17.8 Å². The van der Waals surface area contributed by atoms with Gasteiger partial charge in [0.25, 0.3) is 0 Å². The molecule has 0 aliphatic heterocycles. The van der Waals surface area contributed by atoms with Gasteiger partial charge in [-0.25, -0.2) is 9.78 Å². The molecule has 0 radical (unpaired) electrons. The molecule has 0 fully saturated rings. The summed E-state index contributed by atoms with van der Waals surface area (Å²) < 4.78 is 0. The number of aryl methyl sites for hydroxylation is 1. The van der Waals surface area contributed by atoms with E-state index in [1.165, 1.54) is 17.3 Å². The number of carbonyl (C=O) groups is 1. The number of nitrogens with zero attached hydrogens (tertiary/aromatic N) is 1. The highest BCUT2D eigenvalue weighted by Crippen LogP contribution is 2.23. The molecule has 3 nitrogen and oxygen atoms in total. The number of rotatable bonds is 4. The van der Waals surface area contributed by atoms with Gasteiger partial charge >= 0.3 is 5.97 Å². The standard InChI is InChI=1S/C14H13NO2S/c1-10-2-4-11(5-3-10)9-18-12-6-7-15-13(8-12)14(16)17/h2-8H,9H2,1H3,(H,16,17). The van der Waals surface area contributed by atoms with E-state index in [0.717, 1.165) is 10.6 Å². The Kier molecular flexibility index (Phi) is 3.99. The molecule has 2 aromatic rings. The van der Waals surface area contributed by atoms with E-state index < -0.39 is 5.97 Å². The number of hydrogen-bond donors (Lipinski definition) is 1. The Balaban J connectivity index is 2.04. The summed E-state index contributed by atoms with van der Waals surface area (Å²) in [5, 5.41) is 8.85. The number of carboxylic acids is 1. The molecular formula is C14H13NO2S. The summed E-state index contributed by atoms with van der Waals surface area (Å²) in [7, 11) is 0. The molecule has 92 valence electrons. The first-order valence-electron chi connectivity index (χ1n) is 5.53. The summed E-state index contributed by atoms with van der Waals surface area (Å²) in [6.45, 7) is 2.05. The average molecular weight is 259 g/mol. The maximum Gasteiger partial charge on any atom is 0.354 e. The van der Waals surface area contributed by atoms with E-state index in [2.05, 4.69) is 36.2 Å². The third kappa shape index (κ3) is 3.34. The maximum absolute atomic E-state index is 10.8. The maximum atomic E-state index is 10.8. The van der Waals surface area contributed by atoms with Crippen LogP contribution in [0, 0.1) is 6.92 Å². The van der Waals surface area contributed by atoms with E-state index in [-0.39, 0.29) is 5.69 Å². The van der Waals surface area contributed by atoms with E-state index in [0.29, 0.717) is 0 Å². The van der Waals surface area contributed by atoms with Crippen LogP contribution in [0.15, 0.2) is 47.5 Å². The predicted molar refractivity (Wildman–Crippen MR) is 71.9 cm³/mol. The lowest BCUT2D eigenvalue weighted by Crippen LogP contribution is -1.99. The topological polar surface area (TPSA) is 50.2 Å². The highest BCUT2D eigenvalue weighted by molar-refractivity contribution is 7.98. The minimum Gasteiger partial charge on any atom is -0.477 e. The molecule has 1 N–H and O–H groups in total. The quantitative estimate of drug-likeness (QED) is 0.855. The second-order valence-electron chi connectivity index (χ2n) is 3.96. The van der Waals surface area contributed by atoms with Crippen molar-refractivity contribution in [1.29, 1.82) is 0 Å². The first-order valence-corrected chi connectivity index (χ1v) is 6.51. The fourth-order valence-electron chi connectivity index (χ4n) is 1.47. The molecule has 4 heteroatoms. The predicted octanol–water partition coefficient (Wildman–Crippen LogP) is 3.38. The zero-order chi connectivity index (χ0) is 13.0. The Morgan fingerprint density at radius 2 is 2.00 bits per heavy atom. The first kappa shape index (κ1) is 12.6. The zero-order valence-corrected chi connectivity index (χ0v) is 10.8. The first-order chi connectivity index (χ1) is 8.65. The Labute approximate surface area is 110 Å². The Bertz CT molecular complexity index is 552. The molecule has 0 atom stereocenters. The molecule has 1 aromatic carbocycles. The van der Waals surface area contributed by atoms with Gasteiger partial charge in [-0.05, 0) is 24.6 Å². The Morgan fingerprint density at radius 1 is 1.28 bits per heavy atom. The molecule has 0 saturated carbocycles. The van der Waals surface area contributed by atoms with Gasteiger partial charge in [0.05, 0.1) is 0 Å². The van der Waals surface area contributed by atoms with Gasteiger partial charge in [-0.2, -0.15) is 0 Å². The lowest BCUT2D eigenvalue weighted by atomic mass is 10.2. The van der Waals surface area contributed by atoms with Gasteiger partial charge in [-0.1, -0.05) is 29.8 Å². The van der Waals surface area contributed by atoms with Crippen LogP contribution in [0.1, 0.15) is 21.6 Å². The van der Waals surface area contributed by atoms with Crippen LogP contribution in [0.4, 0.5) is 0 Å². The molecule has 2 rings (SSSR count).